The van der Waals surface area contributed by atoms with E-state index in [1.807, 2.05) is 0 Å². The predicted molar refractivity (Wildman–Crippen MR) is 160 cm³/mol. The minimum absolute atomic E-state index is 0.297. The molecule has 0 aliphatic rings. The van der Waals surface area contributed by atoms with Gasteiger partial charge in [0.05, 0.1) is 0 Å². The van der Waals surface area contributed by atoms with Crippen molar-refractivity contribution in [3.8, 4) is 0 Å². The summed E-state index contributed by atoms with van der Waals surface area (Å²) >= 11 is -3.69. The second-order valence-electron chi connectivity index (χ2n) is 10.6. The second kappa shape index (κ2) is 22.7. The Balaban J connectivity index is 2.85. The molecule has 0 bridgehead atoms. The molecule has 5 nitrogen and oxygen atoms in total. The van der Waals surface area contributed by atoms with E-state index in [1.165, 1.54) is 44.9 Å². The van der Waals surface area contributed by atoms with Crippen molar-refractivity contribution in [1.29, 1.82) is 0 Å². The molecule has 1 aromatic carbocycles. The zero-order valence-electron chi connectivity index (χ0n) is 25.0. The molecule has 0 unspecified atom stereocenters. The Morgan fingerprint density at radius 1 is 0.579 bits per heavy atom. The third-order valence-electron chi connectivity index (χ3n) is 7.06. The van der Waals surface area contributed by atoms with Gasteiger partial charge in [-0.25, -0.2) is 0 Å². The molecule has 0 N–H and O–H groups in total. The third kappa shape index (κ3) is 14.9. The normalized spacial score (nSPS) is 11.5. The quantitative estimate of drug-likeness (QED) is 0.0640. The van der Waals surface area contributed by atoms with E-state index in [0.29, 0.717) is 24.3 Å². The number of benzene rings is 1. The number of carbonyl (C=O) groups is 2. The summed E-state index contributed by atoms with van der Waals surface area (Å²) < 4.78 is 20.3. The van der Waals surface area contributed by atoms with Crippen LogP contribution in [0.1, 0.15) is 151 Å². The van der Waals surface area contributed by atoms with Crippen molar-refractivity contribution < 1.29 is 20.5 Å². The van der Waals surface area contributed by atoms with Crippen LogP contribution in [0.25, 0.3) is 0 Å². The molecule has 0 radical (unpaired) electrons. The van der Waals surface area contributed by atoms with Crippen molar-refractivity contribution in [1.82, 2.24) is 0 Å². The zero-order valence-corrected chi connectivity index (χ0v) is 27.8. The summed E-state index contributed by atoms with van der Waals surface area (Å²) in [6.45, 7) is 9.82. The van der Waals surface area contributed by atoms with Crippen molar-refractivity contribution in [2.24, 2.45) is 0 Å². The molecule has 0 amide bonds. The van der Waals surface area contributed by atoms with E-state index in [2.05, 4.69) is 27.7 Å². The molecule has 38 heavy (non-hydrogen) atoms. The van der Waals surface area contributed by atoms with Gasteiger partial charge in [-0.05, 0) is 0 Å². The predicted octanol–water partition coefficient (Wildman–Crippen LogP) is 9.78. The molecule has 0 aromatic heterocycles. The van der Waals surface area contributed by atoms with Crippen molar-refractivity contribution in [3.05, 3.63) is 35.4 Å². The van der Waals surface area contributed by atoms with Crippen LogP contribution in [0.3, 0.4) is 0 Å². The number of rotatable bonds is 24. The number of hydrogen-bond acceptors (Lipinski definition) is 5. The molecule has 0 fully saturated rings. The van der Waals surface area contributed by atoms with E-state index in [9.17, 15) is 9.59 Å². The molecular formula is C32H56O5Sn. The summed E-state index contributed by atoms with van der Waals surface area (Å²) in [7, 11) is 0. The summed E-state index contributed by atoms with van der Waals surface area (Å²) in [6.07, 6.45) is 18.1. The molecule has 1 aromatic rings. The van der Waals surface area contributed by atoms with Crippen LogP contribution in [0.2, 0.25) is 8.87 Å². The van der Waals surface area contributed by atoms with Crippen LogP contribution >= 0.6 is 0 Å². The van der Waals surface area contributed by atoms with Gasteiger partial charge in [0.1, 0.15) is 0 Å². The zero-order chi connectivity index (χ0) is 27.9. The Kier molecular flexibility index (Phi) is 20.9. The molecular weight excluding hydrogens is 583 g/mol. The van der Waals surface area contributed by atoms with Gasteiger partial charge in [-0.15, -0.1) is 0 Å². The van der Waals surface area contributed by atoms with Crippen molar-refractivity contribution >= 4 is 31.1 Å². The average Bonchev–Trinajstić information content (AvgIpc) is 2.93. The van der Waals surface area contributed by atoms with Gasteiger partial charge in [0.15, 0.2) is 0 Å². The minimum atomic E-state index is -3.69. The van der Waals surface area contributed by atoms with Gasteiger partial charge in [-0.3, -0.25) is 0 Å². The molecule has 6 heteroatoms. The van der Waals surface area contributed by atoms with Crippen LogP contribution in [-0.4, -0.2) is 44.4 Å². The number of hydrogen-bond donors (Lipinski definition) is 0. The molecule has 0 heterocycles. The first-order chi connectivity index (χ1) is 18.5. The third-order valence-corrected chi connectivity index (χ3v) is 17.1. The van der Waals surface area contributed by atoms with E-state index in [0.717, 1.165) is 66.7 Å². The standard InChI is InChI=1S/C16H22O4.C8H17O.2C4H9.Sn/c1-2-3-4-5-6-9-12-20-16(19)14-11-8-7-10-13(14)15(17)18;1-2-3-4-5-6-7-8-9;2*1-3-4-2;/h7-8,10-11H,2-6,9,12H2,1H3,(H,17,18);2-8H2,1H3;2*1,3-4H2,2H3;/q;-1;;;+2/p-1. The van der Waals surface area contributed by atoms with Gasteiger partial charge in [0, 0.05) is 0 Å². The monoisotopic (exact) mass is 640 g/mol. The first kappa shape index (κ1) is 34.9. The van der Waals surface area contributed by atoms with Crippen LogP contribution in [0.15, 0.2) is 24.3 Å². The van der Waals surface area contributed by atoms with E-state index >= 15 is 0 Å². The van der Waals surface area contributed by atoms with E-state index in [-0.39, 0.29) is 0 Å². The Hall–Kier alpha value is -1.08. The van der Waals surface area contributed by atoms with Crippen LogP contribution in [0.4, 0.5) is 0 Å². The maximum atomic E-state index is 13.5. The Bertz CT molecular complexity index is 743. The first-order valence-electron chi connectivity index (χ1n) is 15.7. The molecule has 1 rings (SSSR count). The fraction of sp³-hybridized carbons (Fsp3) is 0.750. The second-order valence-corrected chi connectivity index (χ2v) is 20.0. The molecule has 0 saturated heterocycles. The molecule has 218 valence electrons. The SMILES string of the molecule is CCCCCCCCOC(=O)c1ccccc1C(=O)[O][Sn]([CH2]CCC)([CH2]CCC)[O]CCCCCCCC. The Morgan fingerprint density at radius 2 is 1.03 bits per heavy atom. The van der Waals surface area contributed by atoms with E-state index in [1.54, 1.807) is 24.3 Å². The van der Waals surface area contributed by atoms with Gasteiger partial charge in [-0.1, -0.05) is 13.3 Å². The van der Waals surface area contributed by atoms with Gasteiger partial charge < -0.3 is 0 Å². The summed E-state index contributed by atoms with van der Waals surface area (Å²) in [5, 5.41) is 0. The number of unbranched alkanes of at least 4 members (excludes halogenated alkanes) is 12. The Morgan fingerprint density at radius 3 is 1.55 bits per heavy atom. The van der Waals surface area contributed by atoms with Crippen molar-refractivity contribution in [2.75, 3.05) is 13.2 Å². The molecule has 0 spiro atoms. The summed E-state index contributed by atoms with van der Waals surface area (Å²) in [4.78, 5) is 26.4. The molecule has 0 aliphatic heterocycles. The number of ether oxygens (including phenoxy) is 1. The van der Waals surface area contributed by atoms with Gasteiger partial charge in [-0.2, -0.15) is 0 Å². The fourth-order valence-electron chi connectivity index (χ4n) is 4.62. The summed E-state index contributed by atoms with van der Waals surface area (Å²) in [5.41, 5.74) is 0.600. The van der Waals surface area contributed by atoms with Crippen LogP contribution in [-0.2, 0) is 10.9 Å². The molecule has 0 atom stereocenters. The molecule has 0 saturated carbocycles. The van der Waals surface area contributed by atoms with E-state index in [4.69, 9.17) is 10.9 Å². The van der Waals surface area contributed by atoms with Gasteiger partial charge in [0.2, 0.25) is 0 Å². The number of carbonyl (C=O) groups excluding carboxylic acids is 2. The van der Waals surface area contributed by atoms with Crippen molar-refractivity contribution in [3.63, 3.8) is 0 Å². The van der Waals surface area contributed by atoms with E-state index < -0.39 is 31.1 Å². The summed E-state index contributed by atoms with van der Waals surface area (Å²) in [6, 6.07) is 6.92. The topological polar surface area (TPSA) is 61.8 Å². The van der Waals surface area contributed by atoms with Crippen LogP contribution in [0.5, 0.6) is 0 Å². The fourth-order valence-corrected chi connectivity index (χ4v) is 14.8. The first-order valence-corrected chi connectivity index (χ1v) is 22.0. The van der Waals surface area contributed by atoms with Crippen molar-refractivity contribution in [2.45, 2.75) is 139 Å². The Labute approximate surface area is 238 Å². The number of esters is 1. The van der Waals surface area contributed by atoms with Gasteiger partial charge >= 0.3 is 226 Å². The summed E-state index contributed by atoms with van der Waals surface area (Å²) in [5.74, 6) is -0.856. The van der Waals surface area contributed by atoms with Gasteiger partial charge in [0.25, 0.3) is 0 Å². The molecule has 0 aliphatic carbocycles. The van der Waals surface area contributed by atoms with Crippen LogP contribution < -0.4 is 0 Å². The van der Waals surface area contributed by atoms with Crippen LogP contribution in [0, 0.1) is 0 Å². The average molecular weight is 640 g/mol. The maximum absolute atomic E-state index is 13.5.